The van der Waals surface area contributed by atoms with Gasteiger partial charge >= 0.3 is 0 Å². The van der Waals surface area contributed by atoms with Crippen molar-refractivity contribution in [2.75, 3.05) is 0 Å². The molecule has 0 atom stereocenters. The number of fused-ring (bicyclic) bond motifs is 1. The average Bonchev–Trinajstić information content (AvgIpc) is 2.34. The van der Waals surface area contributed by atoms with E-state index in [4.69, 9.17) is 0 Å². The molecule has 0 saturated carbocycles. The quantitative estimate of drug-likeness (QED) is 0.634. The third kappa shape index (κ3) is 3.43. The molecule has 0 heterocycles. The van der Waals surface area contributed by atoms with Gasteiger partial charge in [-0.1, -0.05) is 38.1 Å². The van der Waals surface area contributed by atoms with E-state index in [0.29, 0.717) is 5.75 Å². The van der Waals surface area contributed by atoms with Crippen molar-refractivity contribution in [2.45, 2.75) is 20.8 Å². The maximum absolute atomic E-state index is 9.31. The molecular formula is C15H20O. The average molecular weight is 216 g/mol. The lowest BCUT2D eigenvalue weighted by molar-refractivity contribution is 0.476. The SMILES string of the molecule is C=C.CC.Cc1cc(O)cc2ccccc12. The van der Waals surface area contributed by atoms with Crippen molar-refractivity contribution in [3.63, 3.8) is 0 Å². The Labute approximate surface area is 98.1 Å². The van der Waals surface area contributed by atoms with E-state index in [2.05, 4.69) is 19.2 Å². The van der Waals surface area contributed by atoms with Gasteiger partial charge in [-0.2, -0.15) is 0 Å². The van der Waals surface area contributed by atoms with Crippen LogP contribution in [0.3, 0.4) is 0 Å². The summed E-state index contributed by atoms with van der Waals surface area (Å²) < 4.78 is 0. The van der Waals surface area contributed by atoms with Crippen LogP contribution in [0.4, 0.5) is 0 Å². The Morgan fingerprint density at radius 1 is 1.00 bits per heavy atom. The summed E-state index contributed by atoms with van der Waals surface area (Å²) in [5, 5.41) is 11.6. The van der Waals surface area contributed by atoms with Crippen molar-refractivity contribution in [3.05, 3.63) is 55.1 Å². The van der Waals surface area contributed by atoms with Gasteiger partial charge in [0.15, 0.2) is 0 Å². The first-order valence-corrected chi connectivity index (χ1v) is 5.46. The lowest BCUT2D eigenvalue weighted by Crippen LogP contribution is -1.77. The third-order valence-corrected chi connectivity index (χ3v) is 2.05. The van der Waals surface area contributed by atoms with E-state index < -0.39 is 0 Å². The van der Waals surface area contributed by atoms with Gasteiger partial charge in [0.25, 0.3) is 0 Å². The van der Waals surface area contributed by atoms with Crippen molar-refractivity contribution in [2.24, 2.45) is 0 Å². The second kappa shape index (κ2) is 7.52. The molecule has 1 heteroatoms. The molecule has 0 aliphatic carbocycles. The minimum atomic E-state index is 0.339. The van der Waals surface area contributed by atoms with Crippen LogP contribution in [0.2, 0.25) is 0 Å². The largest absolute Gasteiger partial charge is 0.508 e. The van der Waals surface area contributed by atoms with E-state index in [1.54, 1.807) is 12.1 Å². The molecule has 0 saturated heterocycles. The summed E-state index contributed by atoms with van der Waals surface area (Å²) in [6.45, 7) is 12.0. The van der Waals surface area contributed by atoms with Gasteiger partial charge in [-0.25, -0.2) is 0 Å². The number of hydrogen-bond acceptors (Lipinski definition) is 1. The summed E-state index contributed by atoms with van der Waals surface area (Å²) in [6.07, 6.45) is 0. The van der Waals surface area contributed by atoms with Crippen molar-refractivity contribution < 1.29 is 5.11 Å². The Kier molecular flexibility index (Phi) is 6.69. The zero-order chi connectivity index (χ0) is 12.6. The van der Waals surface area contributed by atoms with E-state index in [1.807, 2.05) is 39.0 Å². The number of aromatic hydroxyl groups is 1. The van der Waals surface area contributed by atoms with Gasteiger partial charge in [0.2, 0.25) is 0 Å². The second-order valence-electron chi connectivity index (χ2n) is 2.98. The van der Waals surface area contributed by atoms with Gasteiger partial charge in [-0.15, -0.1) is 13.2 Å². The van der Waals surface area contributed by atoms with Crippen LogP contribution in [0.5, 0.6) is 5.75 Å². The molecule has 1 nitrogen and oxygen atoms in total. The normalized spacial score (nSPS) is 8.44. The molecule has 2 rings (SSSR count). The van der Waals surface area contributed by atoms with Crippen LogP contribution in [0.25, 0.3) is 10.8 Å². The van der Waals surface area contributed by atoms with Crippen molar-refractivity contribution in [1.82, 2.24) is 0 Å². The molecule has 2 aromatic rings. The van der Waals surface area contributed by atoms with Crippen LogP contribution in [-0.2, 0) is 0 Å². The summed E-state index contributed by atoms with van der Waals surface area (Å²) in [5.74, 6) is 0.339. The van der Waals surface area contributed by atoms with Gasteiger partial charge in [-0.05, 0) is 35.4 Å². The third-order valence-electron chi connectivity index (χ3n) is 2.05. The summed E-state index contributed by atoms with van der Waals surface area (Å²) in [5.41, 5.74) is 1.12. The van der Waals surface area contributed by atoms with Gasteiger partial charge in [0, 0.05) is 0 Å². The molecular weight excluding hydrogens is 196 g/mol. The maximum Gasteiger partial charge on any atom is 0.116 e. The van der Waals surface area contributed by atoms with Crippen LogP contribution in [-0.4, -0.2) is 5.11 Å². The fraction of sp³-hybridized carbons (Fsp3) is 0.200. The molecule has 0 amide bonds. The van der Waals surface area contributed by atoms with Crippen LogP contribution in [0.1, 0.15) is 19.4 Å². The number of benzene rings is 2. The smallest absolute Gasteiger partial charge is 0.116 e. The number of aryl methyl sites for hydroxylation is 1. The molecule has 86 valence electrons. The van der Waals surface area contributed by atoms with Crippen molar-refractivity contribution in [3.8, 4) is 5.75 Å². The van der Waals surface area contributed by atoms with Crippen LogP contribution < -0.4 is 0 Å². The number of phenols is 1. The van der Waals surface area contributed by atoms with Gasteiger partial charge in [-0.3, -0.25) is 0 Å². The Balaban J connectivity index is 0.000000509. The highest BCUT2D eigenvalue weighted by molar-refractivity contribution is 5.86. The molecule has 0 unspecified atom stereocenters. The van der Waals surface area contributed by atoms with E-state index in [9.17, 15) is 5.11 Å². The number of phenolic OH excluding ortho intramolecular Hbond substituents is 1. The molecule has 0 bridgehead atoms. The highest BCUT2D eigenvalue weighted by Crippen LogP contribution is 2.23. The Morgan fingerprint density at radius 2 is 1.56 bits per heavy atom. The van der Waals surface area contributed by atoms with E-state index >= 15 is 0 Å². The summed E-state index contributed by atoms with van der Waals surface area (Å²) >= 11 is 0. The molecule has 0 fully saturated rings. The predicted octanol–water partition coefficient (Wildman–Crippen LogP) is 4.68. The number of hydrogen-bond donors (Lipinski definition) is 1. The summed E-state index contributed by atoms with van der Waals surface area (Å²) in [7, 11) is 0. The van der Waals surface area contributed by atoms with E-state index in [0.717, 1.165) is 10.9 Å². The molecule has 0 aromatic heterocycles. The Hall–Kier alpha value is -1.76. The molecule has 0 aliphatic rings. The molecule has 1 N–H and O–H groups in total. The minimum absolute atomic E-state index is 0.339. The monoisotopic (exact) mass is 216 g/mol. The first-order valence-electron chi connectivity index (χ1n) is 5.46. The topological polar surface area (TPSA) is 20.2 Å². The second-order valence-corrected chi connectivity index (χ2v) is 2.98. The van der Waals surface area contributed by atoms with Crippen LogP contribution >= 0.6 is 0 Å². The highest BCUT2D eigenvalue weighted by Gasteiger charge is 1.97. The predicted molar refractivity (Wildman–Crippen MR) is 73.0 cm³/mol. The Morgan fingerprint density at radius 3 is 2.19 bits per heavy atom. The lowest BCUT2D eigenvalue weighted by atomic mass is 10.1. The zero-order valence-corrected chi connectivity index (χ0v) is 10.3. The highest BCUT2D eigenvalue weighted by atomic mass is 16.3. The molecule has 0 radical (unpaired) electrons. The Bertz CT molecular complexity index is 432. The van der Waals surface area contributed by atoms with Crippen molar-refractivity contribution >= 4 is 10.8 Å². The lowest BCUT2D eigenvalue weighted by Gasteiger charge is -2.01. The molecule has 2 aromatic carbocycles. The van der Waals surface area contributed by atoms with Crippen LogP contribution in [0.15, 0.2) is 49.6 Å². The minimum Gasteiger partial charge on any atom is -0.508 e. The van der Waals surface area contributed by atoms with Crippen molar-refractivity contribution in [1.29, 1.82) is 0 Å². The maximum atomic E-state index is 9.31. The standard InChI is InChI=1S/C11H10O.C2H6.C2H4/c1-8-6-10(12)7-9-4-2-3-5-11(8)9;2*1-2/h2-7,12H,1H3;1-2H3;1-2H2. The van der Waals surface area contributed by atoms with E-state index in [1.165, 1.54) is 5.39 Å². The fourth-order valence-electron chi connectivity index (χ4n) is 1.48. The molecule has 0 aliphatic heterocycles. The first-order chi connectivity index (χ1) is 7.77. The van der Waals surface area contributed by atoms with Gasteiger partial charge in [0.1, 0.15) is 5.75 Å². The molecule has 0 spiro atoms. The molecule has 16 heavy (non-hydrogen) atoms. The van der Waals surface area contributed by atoms with Crippen LogP contribution in [0, 0.1) is 6.92 Å². The van der Waals surface area contributed by atoms with Gasteiger partial charge in [0.05, 0.1) is 0 Å². The fourth-order valence-corrected chi connectivity index (χ4v) is 1.48. The summed E-state index contributed by atoms with van der Waals surface area (Å²) in [4.78, 5) is 0. The first kappa shape index (κ1) is 14.2. The summed E-state index contributed by atoms with van der Waals surface area (Å²) in [6, 6.07) is 11.6. The van der Waals surface area contributed by atoms with Gasteiger partial charge < -0.3 is 5.11 Å². The zero-order valence-electron chi connectivity index (χ0n) is 10.3. The number of rotatable bonds is 0. The van der Waals surface area contributed by atoms with E-state index in [-0.39, 0.29) is 0 Å².